The van der Waals surface area contributed by atoms with Crippen LogP contribution in [0, 0.1) is 0 Å². The van der Waals surface area contributed by atoms with Crippen molar-refractivity contribution in [1.29, 1.82) is 0 Å². The van der Waals surface area contributed by atoms with Gasteiger partial charge < -0.3 is 4.57 Å². The molecule has 3 rings (SSSR count). The van der Waals surface area contributed by atoms with Crippen molar-refractivity contribution >= 4 is 44.0 Å². The Bertz CT molecular complexity index is 758. The molecular formula is C15H12BrNO. The summed E-state index contributed by atoms with van der Waals surface area (Å²) >= 11 is 3.51. The number of fused-ring (bicyclic) bond motifs is 3. The second-order valence-electron chi connectivity index (χ2n) is 4.30. The van der Waals surface area contributed by atoms with Crippen LogP contribution in [0.2, 0.25) is 0 Å². The molecule has 0 saturated heterocycles. The SMILES string of the molecule is CCn1c2cc(Br)ccc2c2ccc(C=O)cc21. The molecule has 0 unspecified atom stereocenters. The van der Waals surface area contributed by atoms with Crippen molar-refractivity contribution in [2.75, 3.05) is 0 Å². The van der Waals surface area contributed by atoms with Crippen molar-refractivity contribution in [1.82, 2.24) is 4.57 Å². The van der Waals surface area contributed by atoms with Crippen molar-refractivity contribution in [3.8, 4) is 0 Å². The summed E-state index contributed by atoms with van der Waals surface area (Å²) in [6.45, 7) is 3.01. The molecule has 0 amide bonds. The Labute approximate surface area is 113 Å². The third-order valence-electron chi connectivity index (χ3n) is 3.31. The molecule has 18 heavy (non-hydrogen) atoms. The van der Waals surface area contributed by atoms with Gasteiger partial charge in [0.2, 0.25) is 0 Å². The number of carbonyl (C=O) groups excluding carboxylic acids is 1. The maximum atomic E-state index is 10.9. The molecule has 0 saturated carbocycles. The van der Waals surface area contributed by atoms with E-state index in [2.05, 4.69) is 45.6 Å². The number of nitrogens with zero attached hydrogens (tertiary/aromatic N) is 1. The summed E-state index contributed by atoms with van der Waals surface area (Å²) in [7, 11) is 0. The van der Waals surface area contributed by atoms with Gasteiger partial charge in [-0.1, -0.05) is 34.1 Å². The van der Waals surface area contributed by atoms with Crippen LogP contribution in [0.1, 0.15) is 17.3 Å². The number of halogens is 1. The molecule has 2 nitrogen and oxygen atoms in total. The molecule has 0 aliphatic heterocycles. The van der Waals surface area contributed by atoms with Gasteiger partial charge in [-0.3, -0.25) is 4.79 Å². The molecule has 0 aliphatic rings. The number of hydrogen-bond donors (Lipinski definition) is 0. The summed E-state index contributed by atoms with van der Waals surface area (Å²) in [5, 5.41) is 2.43. The maximum absolute atomic E-state index is 10.9. The Morgan fingerprint density at radius 3 is 2.44 bits per heavy atom. The van der Waals surface area contributed by atoms with Crippen LogP contribution in [-0.2, 0) is 6.54 Å². The molecule has 1 heterocycles. The van der Waals surface area contributed by atoms with Gasteiger partial charge in [0.15, 0.2) is 0 Å². The highest BCUT2D eigenvalue weighted by Gasteiger charge is 2.10. The molecule has 3 heteroatoms. The summed E-state index contributed by atoms with van der Waals surface area (Å²) in [6.07, 6.45) is 0.896. The van der Waals surface area contributed by atoms with Crippen LogP contribution < -0.4 is 0 Å². The minimum absolute atomic E-state index is 0.721. The van der Waals surface area contributed by atoms with E-state index in [4.69, 9.17) is 0 Å². The Hall–Kier alpha value is -1.61. The van der Waals surface area contributed by atoms with E-state index in [9.17, 15) is 4.79 Å². The minimum Gasteiger partial charge on any atom is -0.341 e. The number of aryl methyl sites for hydroxylation is 1. The average molecular weight is 302 g/mol. The predicted octanol–water partition coefficient (Wildman–Crippen LogP) is 4.39. The number of rotatable bonds is 2. The van der Waals surface area contributed by atoms with Gasteiger partial charge in [0.1, 0.15) is 6.29 Å². The van der Waals surface area contributed by atoms with Gasteiger partial charge in [0.25, 0.3) is 0 Å². The Morgan fingerprint density at radius 2 is 1.78 bits per heavy atom. The van der Waals surface area contributed by atoms with E-state index >= 15 is 0 Å². The Kier molecular flexibility index (Phi) is 2.71. The van der Waals surface area contributed by atoms with E-state index < -0.39 is 0 Å². The zero-order valence-corrected chi connectivity index (χ0v) is 11.6. The molecule has 0 aliphatic carbocycles. The minimum atomic E-state index is 0.721. The molecule has 2 aromatic carbocycles. The van der Waals surface area contributed by atoms with E-state index in [1.807, 2.05) is 18.2 Å². The van der Waals surface area contributed by atoms with E-state index in [0.717, 1.165) is 28.4 Å². The Balaban J connectivity index is 2.52. The summed E-state index contributed by atoms with van der Waals surface area (Å²) in [4.78, 5) is 10.9. The van der Waals surface area contributed by atoms with E-state index in [1.165, 1.54) is 16.3 Å². The molecule has 1 aromatic heterocycles. The first-order valence-electron chi connectivity index (χ1n) is 5.91. The molecule has 0 radical (unpaired) electrons. The number of hydrogen-bond acceptors (Lipinski definition) is 1. The van der Waals surface area contributed by atoms with Gasteiger partial charge in [0.05, 0.1) is 5.52 Å². The summed E-state index contributed by atoms with van der Waals surface area (Å²) in [5.74, 6) is 0. The molecule has 3 aromatic rings. The number of aldehydes is 1. The van der Waals surface area contributed by atoms with Crippen LogP contribution in [0.3, 0.4) is 0 Å². The fraction of sp³-hybridized carbons (Fsp3) is 0.133. The molecule has 0 spiro atoms. The molecular weight excluding hydrogens is 290 g/mol. The third kappa shape index (κ3) is 1.58. The summed E-state index contributed by atoms with van der Waals surface area (Å²) in [6, 6.07) is 12.2. The lowest BCUT2D eigenvalue weighted by atomic mass is 10.1. The first kappa shape index (κ1) is 11.5. The topological polar surface area (TPSA) is 22.0 Å². The lowest BCUT2D eigenvalue weighted by Gasteiger charge is -2.03. The molecule has 0 fully saturated rings. The van der Waals surface area contributed by atoms with Gasteiger partial charge in [0, 0.05) is 32.9 Å². The van der Waals surface area contributed by atoms with E-state index in [-0.39, 0.29) is 0 Å². The average Bonchev–Trinajstić information content (AvgIpc) is 2.70. The molecule has 0 N–H and O–H groups in total. The number of aromatic nitrogens is 1. The van der Waals surface area contributed by atoms with Crippen LogP contribution in [0.4, 0.5) is 0 Å². The Morgan fingerprint density at radius 1 is 1.11 bits per heavy atom. The van der Waals surface area contributed by atoms with Crippen LogP contribution in [0.15, 0.2) is 40.9 Å². The molecule has 0 bridgehead atoms. The monoisotopic (exact) mass is 301 g/mol. The zero-order chi connectivity index (χ0) is 12.7. The highest BCUT2D eigenvalue weighted by molar-refractivity contribution is 9.10. The molecule has 0 atom stereocenters. The van der Waals surface area contributed by atoms with Crippen molar-refractivity contribution in [2.45, 2.75) is 13.5 Å². The third-order valence-corrected chi connectivity index (χ3v) is 3.80. The fourth-order valence-electron chi connectivity index (χ4n) is 2.50. The van der Waals surface area contributed by atoms with Crippen LogP contribution in [0.25, 0.3) is 21.8 Å². The second kappa shape index (κ2) is 4.25. The normalized spacial score (nSPS) is 11.2. The number of carbonyl (C=O) groups is 1. The number of benzene rings is 2. The standard InChI is InChI=1S/C15H12BrNO/c1-2-17-14-7-10(9-18)3-5-12(14)13-6-4-11(16)8-15(13)17/h3-9H,2H2,1H3. The first-order valence-corrected chi connectivity index (χ1v) is 6.70. The smallest absolute Gasteiger partial charge is 0.150 e. The maximum Gasteiger partial charge on any atom is 0.150 e. The van der Waals surface area contributed by atoms with E-state index in [0.29, 0.717) is 0 Å². The quantitative estimate of drug-likeness (QED) is 0.644. The van der Waals surface area contributed by atoms with Gasteiger partial charge in [-0.25, -0.2) is 0 Å². The van der Waals surface area contributed by atoms with Gasteiger partial charge in [-0.15, -0.1) is 0 Å². The summed E-state index contributed by atoms with van der Waals surface area (Å²) < 4.78 is 3.31. The molecule has 90 valence electrons. The lowest BCUT2D eigenvalue weighted by molar-refractivity contribution is 0.112. The van der Waals surface area contributed by atoms with Crippen molar-refractivity contribution in [3.05, 3.63) is 46.4 Å². The first-order chi connectivity index (χ1) is 8.74. The highest BCUT2D eigenvalue weighted by atomic mass is 79.9. The second-order valence-corrected chi connectivity index (χ2v) is 5.22. The van der Waals surface area contributed by atoms with Gasteiger partial charge in [-0.05, 0) is 25.1 Å². The van der Waals surface area contributed by atoms with Crippen molar-refractivity contribution in [2.24, 2.45) is 0 Å². The zero-order valence-electron chi connectivity index (χ0n) is 9.98. The fourth-order valence-corrected chi connectivity index (χ4v) is 2.85. The van der Waals surface area contributed by atoms with Crippen molar-refractivity contribution in [3.63, 3.8) is 0 Å². The van der Waals surface area contributed by atoms with Crippen LogP contribution >= 0.6 is 15.9 Å². The van der Waals surface area contributed by atoms with Gasteiger partial charge in [-0.2, -0.15) is 0 Å². The lowest BCUT2D eigenvalue weighted by Crippen LogP contribution is -1.93. The van der Waals surface area contributed by atoms with Crippen molar-refractivity contribution < 1.29 is 4.79 Å². The van der Waals surface area contributed by atoms with E-state index in [1.54, 1.807) is 0 Å². The summed E-state index contributed by atoms with van der Waals surface area (Å²) in [5.41, 5.74) is 3.04. The van der Waals surface area contributed by atoms with Gasteiger partial charge >= 0.3 is 0 Å². The largest absolute Gasteiger partial charge is 0.341 e. The van der Waals surface area contributed by atoms with Crippen LogP contribution in [-0.4, -0.2) is 10.9 Å². The van der Waals surface area contributed by atoms with Crippen LogP contribution in [0.5, 0.6) is 0 Å². The highest BCUT2D eigenvalue weighted by Crippen LogP contribution is 2.31. The predicted molar refractivity (Wildman–Crippen MR) is 78.2 cm³/mol.